The lowest BCUT2D eigenvalue weighted by molar-refractivity contribution is -0.116. The Kier molecular flexibility index (Phi) is 6.17. The first-order valence-electron chi connectivity index (χ1n) is 9.29. The molecule has 0 unspecified atom stereocenters. The second-order valence-corrected chi connectivity index (χ2v) is 7.50. The summed E-state index contributed by atoms with van der Waals surface area (Å²) in [5.41, 5.74) is 4.65. The monoisotopic (exact) mass is 412 g/mol. The highest BCUT2D eigenvalue weighted by Crippen LogP contribution is 2.22. The van der Waals surface area contributed by atoms with E-state index in [2.05, 4.69) is 25.7 Å². The van der Waals surface area contributed by atoms with Crippen LogP contribution in [0.25, 0.3) is 5.78 Å². The molecule has 2 amide bonds. The van der Waals surface area contributed by atoms with Gasteiger partial charge in [-0.2, -0.15) is 4.98 Å². The van der Waals surface area contributed by atoms with E-state index in [4.69, 9.17) is 0 Å². The smallest absolute Gasteiger partial charge is 0.253 e. The number of carbonyl (C=O) groups excluding carboxylic acids is 2. The molecule has 0 saturated carbocycles. The highest BCUT2D eigenvalue weighted by atomic mass is 32.2. The van der Waals surface area contributed by atoms with E-state index in [1.165, 1.54) is 11.8 Å². The number of rotatable bonds is 6. The van der Waals surface area contributed by atoms with Gasteiger partial charge in [-0.1, -0.05) is 24.8 Å². The number of benzene rings is 1. The molecule has 2 N–H and O–H groups in total. The first-order valence-corrected chi connectivity index (χ1v) is 10.5. The molecule has 9 heteroatoms. The Morgan fingerprint density at radius 3 is 2.55 bits per heavy atom. The third-order valence-corrected chi connectivity index (χ3v) is 5.20. The van der Waals surface area contributed by atoms with Crippen molar-refractivity contribution >= 4 is 40.7 Å². The number of hydrogen-bond acceptors (Lipinski definition) is 6. The van der Waals surface area contributed by atoms with Crippen molar-refractivity contribution in [2.75, 3.05) is 16.9 Å². The van der Waals surface area contributed by atoms with Gasteiger partial charge in [0.15, 0.2) is 0 Å². The summed E-state index contributed by atoms with van der Waals surface area (Å²) in [5, 5.41) is 10.8. The number of aromatic nitrogens is 4. The molecule has 2 aromatic heterocycles. The lowest BCUT2D eigenvalue weighted by Gasteiger charge is -2.13. The SMILES string of the molecule is CCC(=O)Nc1ccc(C)c(NC(=O)Cc2c(C)nc3nc(SC)nn3c2C)c1. The van der Waals surface area contributed by atoms with Crippen LogP contribution in [0.1, 0.15) is 35.9 Å². The molecule has 152 valence electrons. The Morgan fingerprint density at radius 1 is 1.10 bits per heavy atom. The molecule has 0 aliphatic carbocycles. The van der Waals surface area contributed by atoms with Crippen molar-refractivity contribution in [3.8, 4) is 0 Å². The van der Waals surface area contributed by atoms with Gasteiger partial charge in [-0.15, -0.1) is 5.10 Å². The molecular formula is C20H24N6O2S. The number of aryl methyl sites for hydroxylation is 3. The first kappa shape index (κ1) is 20.8. The van der Waals surface area contributed by atoms with Gasteiger partial charge in [-0.05, 0) is 44.7 Å². The van der Waals surface area contributed by atoms with Crippen LogP contribution in [-0.4, -0.2) is 37.7 Å². The van der Waals surface area contributed by atoms with Gasteiger partial charge in [0.05, 0.1) is 6.42 Å². The molecule has 3 rings (SSSR count). The fourth-order valence-electron chi connectivity index (χ4n) is 2.97. The molecule has 0 spiro atoms. The summed E-state index contributed by atoms with van der Waals surface area (Å²) in [6.07, 6.45) is 2.47. The van der Waals surface area contributed by atoms with Crippen molar-refractivity contribution < 1.29 is 9.59 Å². The second-order valence-electron chi connectivity index (χ2n) is 6.73. The molecule has 0 radical (unpaired) electrons. The highest BCUT2D eigenvalue weighted by molar-refractivity contribution is 7.98. The van der Waals surface area contributed by atoms with Crippen LogP contribution in [0.4, 0.5) is 11.4 Å². The first-order chi connectivity index (χ1) is 13.8. The van der Waals surface area contributed by atoms with E-state index in [9.17, 15) is 9.59 Å². The van der Waals surface area contributed by atoms with Crippen molar-refractivity contribution in [2.45, 2.75) is 45.7 Å². The minimum Gasteiger partial charge on any atom is -0.326 e. The van der Waals surface area contributed by atoms with E-state index < -0.39 is 0 Å². The van der Waals surface area contributed by atoms with Crippen LogP contribution in [0.2, 0.25) is 0 Å². The van der Waals surface area contributed by atoms with Gasteiger partial charge < -0.3 is 10.6 Å². The zero-order chi connectivity index (χ0) is 21.1. The molecular weight excluding hydrogens is 388 g/mol. The normalized spacial score (nSPS) is 10.9. The molecule has 0 aliphatic heterocycles. The molecule has 0 bridgehead atoms. The topological polar surface area (TPSA) is 101 Å². The molecule has 8 nitrogen and oxygen atoms in total. The van der Waals surface area contributed by atoms with Gasteiger partial charge >= 0.3 is 0 Å². The summed E-state index contributed by atoms with van der Waals surface area (Å²) in [6, 6.07) is 5.45. The predicted molar refractivity (Wildman–Crippen MR) is 114 cm³/mol. The standard InChI is InChI=1S/C20H24N6O2S/c1-6-17(27)22-14-8-7-11(2)16(9-14)23-18(28)10-15-12(3)21-19-24-20(29-5)25-26(19)13(15)4/h7-9H,6,10H2,1-5H3,(H,22,27)(H,23,28). The van der Waals surface area contributed by atoms with Gasteiger partial charge in [0, 0.05) is 34.7 Å². The third-order valence-electron chi connectivity index (χ3n) is 4.67. The molecule has 1 aromatic carbocycles. The zero-order valence-electron chi connectivity index (χ0n) is 17.2. The van der Waals surface area contributed by atoms with E-state index in [1.54, 1.807) is 17.5 Å². The molecule has 29 heavy (non-hydrogen) atoms. The van der Waals surface area contributed by atoms with Crippen LogP contribution in [0.3, 0.4) is 0 Å². The van der Waals surface area contributed by atoms with E-state index in [-0.39, 0.29) is 18.2 Å². The summed E-state index contributed by atoms with van der Waals surface area (Å²) in [5.74, 6) is 0.294. The van der Waals surface area contributed by atoms with Crippen LogP contribution >= 0.6 is 11.8 Å². The predicted octanol–water partition coefficient (Wildman–Crippen LogP) is 3.30. The van der Waals surface area contributed by atoms with Crippen LogP contribution in [0, 0.1) is 20.8 Å². The van der Waals surface area contributed by atoms with Crippen LogP contribution in [-0.2, 0) is 16.0 Å². The number of amides is 2. The number of fused-ring (bicyclic) bond motifs is 1. The van der Waals surface area contributed by atoms with Crippen molar-refractivity contribution in [1.29, 1.82) is 0 Å². The Balaban J connectivity index is 1.82. The summed E-state index contributed by atoms with van der Waals surface area (Å²) >= 11 is 1.45. The van der Waals surface area contributed by atoms with Gasteiger partial charge in [0.25, 0.3) is 5.78 Å². The van der Waals surface area contributed by atoms with Gasteiger partial charge in [-0.25, -0.2) is 9.50 Å². The van der Waals surface area contributed by atoms with Gasteiger partial charge in [0.2, 0.25) is 17.0 Å². The Hall–Kier alpha value is -2.94. The molecule has 0 saturated heterocycles. The highest BCUT2D eigenvalue weighted by Gasteiger charge is 2.16. The maximum absolute atomic E-state index is 12.8. The number of hydrogen-bond donors (Lipinski definition) is 2. The minimum atomic E-state index is -0.162. The van der Waals surface area contributed by atoms with E-state index in [1.807, 2.05) is 39.2 Å². The average molecular weight is 413 g/mol. The molecule has 0 aliphatic rings. The fourth-order valence-corrected chi connectivity index (χ4v) is 3.31. The maximum Gasteiger partial charge on any atom is 0.253 e. The Labute approximate surface area is 173 Å². The number of thioether (sulfide) groups is 1. The Bertz CT molecular complexity index is 1090. The second kappa shape index (κ2) is 8.60. The number of anilines is 2. The van der Waals surface area contributed by atoms with E-state index >= 15 is 0 Å². The van der Waals surface area contributed by atoms with E-state index in [0.29, 0.717) is 28.7 Å². The minimum absolute atomic E-state index is 0.0748. The third kappa shape index (κ3) is 4.56. The summed E-state index contributed by atoms with van der Waals surface area (Å²) < 4.78 is 1.67. The zero-order valence-corrected chi connectivity index (χ0v) is 18.0. The van der Waals surface area contributed by atoms with E-state index in [0.717, 1.165) is 22.5 Å². The van der Waals surface area contributed by atoms with Gasteiger partial charge in [-0.3, -0.25) is 9.59 Å². The lowest BCUT2D eigenvalue weighted by atomic mass is 10.1. The Morgan fingerprint density at radius 2 is 1.86 bits per heavy atom. The molecule has 2 heterocycles. The molecule has 0 fully saturated rings. The fraction of sp³-hybridized carbons (Fsp3) is 0.350. The van der Waals surface area contributed by atoms with Crippen molar-refractivity contribution in [1.82, 2.24) is 19.6 Å². The quantitative estimate of drug-likeness (QED) is 0.603. The number of carbonyl (C=O) groups is 2. The number of nitrogens with one attached hydrogen (secondary N) is 2. The van der Waals surface area contributed by atoms with Crippen molar-refractivity contribution in [3.63, 3.8) is 0 Å². The maximum atomic E-state index is 12.8. The molecule has 3 aromatic rings. The van der Waals surface area contributed by atoms with Gasteiger partial charge in [0.1, 0.15) is 0 Å². The summed E-state index contributed by atoms with van der Waals surface area (Å²) in [7, 11) is 0. The summed E-state index contributed by atoms with van der Waals surface area (Å²) in [4.78, 5) is 33.2. The molecule has 0 atom stereocenters. The van der Waals surface area contributed by atoms with Crippen LogP contribution in [0.15, 0.2) is 23.4 Å². The number of nitrogens with zero attached hydrogens (tertiary/aromatic N) is 4. The largest absolute Gasteiger partial charge is 0.326 e. The van der Waals surface area contributed by atoms with Crippen LogP contribution < -0.4 is 10.6 Å². The summed E-state index contributed by atoms with van der Waals surface area (Å²) in [6.45, 7) is 7.48. The van der Waals surface area contributed by atoms with Crippen molar-refractivity contribution in [2.24, 2.45) is 0 Å². The van der Waals surface area contributed by atoms with Crippen LogP contribution in [0.5, 0.6) is 0 Å². The lowest BCUT2D eigenvalue weighted by Crippen LogP contribution is -2.18. The van der Waals surface area contributed by atoms with Crippen molar-refractivity contribution in [3.05, 3.63) is 40.7 Å². The average Bonchev–Trinajstić information content (AvgIpc) is 3.11.